The number of ether oxygens (including phenoxy) is 1. The minimum Gasteiger partial charge on any atom is -0.484 e. The van der Waals surface area contributed by atoms with Crippen molar-refractivity contribution >= 4 is 35.0 Å². The second kappa shape index (κ2) is 9.07. The molecular weight excluding hydrogens is 396 g/mol. The molecule has 0 spiro atoms. The van der Waals surface area contributed by atoms with Crippen LogP contribution >= 0.6 is 11.8 Å². The number of hydrogen-bond donors (Lipinski definition) is 1. The maximum absolute atomic E-state index is 12.6. The molecule has 1 atom stereocenters. The molecule has 0 aromatic heterocycles. The fourth-order valence-electron chi connectivity index (χ4n) is 2.65. The molecule has 0 bridgehead atoms. The van der Waals surface area contributed by atoms with E-state index in [-0.39, 0.29) is 24.1 Å². The van der Waals surface area contributed by atoms with Crippen LogP contribution in [-0.2, 0) is 9.59 Å². The van der Waals surface area contributed by atoms with Crippen LogP contribution in [0.25, 0.3) is 0 Å². The van der Waals surface area contributed by atoms with Crippen LogP contribution in [0, 0.1) is 21.4 Å². The fourth-order valence-corrected chi connectivity index (χ4v) is 3.83. The summed E-state index contributed by atoms with van der Waals surface area (Å²) in [7, 11) is 0. The molecule has 1 unspecified atom stereocenters. The van der Waals surface area contributed by atoms with Gasteiger partial charge in [-0.05, 0) is 36.4 Å². The monoisotopic (exact) mass is 412 g/mol. The van der Waals surface area contributed by atoms with Crippen LogP contribution in [-0.4, -0.2) is 45.9 Å². The molecule has 2 amide bonds. The van der Waals surface area contributed by atoms with E-state index in [1.165, 1.54) is 40.9 Å². The highest BCUT2D eigenvalue weighted by Gasteiger charge is 2.34. The molecule has 1 saturated heterocycles. The molecule has 29 heavy (non-hydrogen) atoms. The molecule has 148 valence electrons. The van der Waals surface area contributed by atoms with Gasteiger partial charge in [0, 0.05) is 23.6 Å². The van der Waals surface area contributed by atoms with Gasteiger partial charge in [-0.2, -0.15) is 5.26 Å². The van der Waals surface area contributed by atoms with Crippen molar-refractivity contribution < 1.29 is 19.2 Å². The Hall–Kier alpha value is -3.58. The van der Waals surface area contributed by atoms with Crippen molar-refractivity contribution in [1.29, 1.82) is 5.26 Å². The van der Waals surface area contributed by atoms with E-state index < -0.39 is 11.0 Å². The first-order valence-corrected chi connectivity index (χ1v) is 9.69. The normalized spacial score (nSPS) is 15.4. The van der Waals surface area contributed by atoms with Crippen molar-refractivity contribution in [1.82, 2.24) is 4.90 Å². The van der Waals surface area contributed by atoms with Crippen molar-refractivity contribution in [2.45, 2.75) is 6.04 Å². The number of anilines is 1. The number of carbonyl (C=O) groups is 2. The van der Waals surface area contributed by atoms with Crippen molar-refractivity contribution in [3.63, 3.8) is 0 Å². The summed E-state index contributed by atoms with van der Waals surface area (Å²) in [4.78, 5) is 36.7. The van der Waals surface area contributed by atoms with Gasteiger partial charge in [0.25, 0.3) is 11.6 Å². The second-order valence-electron chi connectivity index (χ2n) is 6.10. The second-order valence-corrected chi connectivity index (χ2v) is 7.10. The van der Waals surface area contributed by atoms with E-state index in [9.17, 15) is 19.7 Å². The lowest BCUT2D eigenvalue weighted by Crippen LogP contribution is -2.46. The van der Waals surface area contributed by atoms with Gasteiger partial charge in [0.15, 0.2) is 6.61 Å². The highest BCUT2D eigenvalue weighted by molar-refractivity contribution is 7.99. The van der Waals surface area contributed by atoms with E-state index in [4.69, 9.17) is 10.00 Å². The molecule has 1 fully saturated rings. The molecule has 0 saturated carbocycles. The summed E-state index contributed by atoms with van der Waals surface area (Å²) >= 11 is 1.46. The quantitative estimate of drug-likeness (QED) is 0.570. The summed E-state index contributed by atoms with van der Waals surface area (Å²) in [6.07, 6.45) is 0. The first-order valence-electron chi connectivity index (χ1n) is 8.53. The predicted octanol–water partition coefficient (Wildman–Crippen LogP) is 2.39. The molecule has 2 aromatic rings. The number of nitriles is 1. The van der Waals surface area contributed by atoms with Crippen LogP contribution in [0.2, 0.25) is 0 Å². The molecule has 0 aliphatic carbocycles. The molecule has 1 aliphatic rings. The third-order valence-electron chi connectivity index (χ3n) is 4.20. The molecule has 0 radical (unpaired) electrons. The molecule has 1 N–H and O–H groups in total. The number of rotatable bonds is 6. The Morgan fingerprint density at radius 3 is 2.55 bits per heavy atom. The number of non-ortho nitro benzene ring substituents is 1. The van der Waals surface area contributed by atoms with Crippen LogP contribution in [0.15, 0.2) is 48.5 Å². The average molecular weight is 412 g/mol. The molecular formula is C19H16N4O5S. The molecule has 3 rings (SSSR count). The zero-order valence-corrected chi connectivity index (χ0v) is 15.9. The van der Waals surface area contributed by atoms with Crippen LogP contribution < -0.4 is 10.1 Å². The molecule has 1 heterocycles. The Morgan fingerprint density at radius 2 is 1.93 bits per heavy atom. The zero-order chi connectivity index (χ0) is 20.8. The number of nitrogens with zero attached hydrogens (tertiary/aromatic N) is 3. The van der Waals surface area contributed by atoms with Crippen LogP contribution in [0.1, 0.15) is 5.56 Å². The van der Waals surface area contributed by atoms with Crippen molar-refractivity contribution in [2.24, 2.45) is 0 Å². The van der Waals surface area contributed by atoms with Gasteiger partial charge < -0.3 is 15.0 Å². The first-order chi connectivity index (χ1) is 14.0. The number of amides is 2. The Morgan fingerprint density at radius 1 is 1.24 bits per heavy atom. The summed E-state index contributed by atoms with van der Waals surface area (Å²) in [5.41, 5.74) is 0.958. The van der Waals surface area contributed by atoms with Gasteiger partial charge in [-0.25, -0.2) is 0 Å². The Kier molecular flexibility index (Phi) is 6.31. The van der Waals surface area contributed by atoms with Crippen molar-refractivity contribution in [2.75, 3.05) is 23.6 Å². The zero-order valence-electron chi connectivity index (χ0n) is 15.1. The fraction of sp³-hybridized carbons (Fsp3) is 0.211. The summed E-state index contributed by atoms with van der Waals surface area (Å²) < 4.78 is 5.40. The topological polar surface area (TPSA) is 126 Å². The van der Waals surface area contributed by atoms with Gasteiger partial charge in [0.1, 0.15) is 11.8 Å². The van der Waals surface area contributed by atoms with Gasteiger partial charge >= 0.3 is 0 Å². The van der Waals surface area contributed by atoms with E-state index in [1.54, 1.807) is 24.3 Å². The number of hydrogen-bond acceptors (Lipinski definition) is 7. The lowest BCUT2D eigenvalue weighted by molar-refractivity contribution is -0.384. The largest absolute Gasteiger partial charge is 0.484 e. The molecule has 1 aliphatic heterocycles. The number of nitro benzene ring substituents is 1. The highest BCUT2D eigenvalue weighted by atomic mass is 32.2. The smallest absolute Gasteiger partial charge is 0.269 e. The van der Waals surface area contributed by atoms with Gasteiger partial charge in [-0.3, -0.25) is 19.7 Å². The van der Waals surface area contributed by atoms with Gasteiger partial charge in [-0.15, -0.1) is 11.8 Å². The summed E-state index contributed by atoms with van der Waals surface area (Å²) in [5, 5.41) is 22.2. The predicted molar refractivity (Wildman–Crippen MR) is 106 cm³/mol. The van der Waals surface area contributed by atoms with Crippen LogP contribution in [0.4, 0.5) is 11.4 Å². The van der Waals surface area contributed by atoms with Gasteiger partial charge in [0.2, 0.25) is 5.91 Å². The highest BCUT2D eigenvalue weighted by Crippen LogP contribution is 2.23. The molecule has 10 heteroatoms. The Balaban J connectivity index is 1.57. The summed E-state index contributed by atoms with van der Waals surface area (Å²) in [6.45, 7) is -0.279. The minimum absolute atomic E-state index is 0.0702. The lowest BCUT2D eigenvalue weighted by atomic mass is 10.2. The van der Waals surface area contributed by atoms with E-state index in [2.05, 4.69) is 5.32 Å². The van der Waals surface area contributed by atoms with E-state index in [0.717, 1.165) is 0 Å². The van der Waals surface area contributed by atoms with E-state index >= 15 is 0 Å². The van der Waals surface area contributed by atoms with Gasteiger partial charge in [0.05, 0.1) is 22.4 Å². The lowest BCUT2D eigenvalue weighted by Gasteiger charge is -2.23. The SMILES string of the molecule is N#Cc1ccc(NC(=O)C2CSCN2C(=O)COc2ccc([N+](=O)[O-])cc2)cc1. The average Bonchev–Trinajstić information content (AvgIpc) is 3.23. The third kappa shape index (κ3) is 5.03. The summed E-state index contributed by atoms with van der Waals surface area (Å²) in [5.74, 6) is 0.491. The van der Waals surface area contributed by atoms with Crippen molar-refractivity contribution in [3.8, 4) is 11.8 Å². The standard InChI is InChI=1S/C19H16N4O5S/c20-9-13-1-3-14(4-2-13)21-19(25)17-11-29-12-22(17)18(24)10-28-16-7-5-15(6-8-16)23(26)27/h1-8,17H,10-12H2,(H,21,25). The van der Waals surface area contributed by atoms with E-state index in [1.807, 2.05) is 6.07 Å². The van der Waals surface area contributed by atoms with Crippen molar-refractivity contribution in [3.05, 3.63) is 64.2 Å². The number of nitro groups is 1. The molecule has 9 nitrogen and oxygen atoms in total. The third-order valence-corrected chi connectivity index (χ3v) is 5.21. The number of thioether (sulfide) groups is 1. The van der Waals surface area contributed by atoms with Gasteiger partial charge in [-0.1, -0.05) is 0 Å². The van der Waals surface area contributed by atoms with Crippen LogP contribution in [0.5, 0.6) is 5.75 Å². The Bertz CT molecular complexity index is 956. The first kappa shape index (κ1) is 20.2. The number of benzene rings is 2. The minimum atomic E-state index is -0.636. The maximum atomic E-state index is 12.6. The van der Waals surface area contributed by atoms with Crippen LogP contribution in [0.3, 0.4) is 0 Å². The Labute approximate surface area is 170 Å². The maximum Gasteiger partial charge on any atom is 0.269 e. The van der Waals surface area contributed by atoms with E-state index in [0.29, 0.717) is 28.6 Å². The summed E-state index contributed by atoms with van der Waals surface area (Å²) in [6, 6.07) is 13.2. The number of nitrogens with one attached hydrogen (secondary N) is 1. The number of carbonyl (C=O) groups excluding carboxylic acids is 2. The molecule has 2 aromatic carbocycles.